The lowest BCUT2D eigenvalue weighted by Gasteiger charge is -2.29. The average molecular weight is 313 g/mol. The van der Waals surface area contributed by atoms with E-state index in [4.69, 9.17) is 21.3 Å². The summed E-state index contributed by atoms with van der Waals surface area (Å²) in [7, 11) is 0. The third kappa shape index (κ3) is 3.18. The van der Waals surface area contributed by atoms with Crippen LogP contribution in [-0.4, -0.2) is 24.4 Å². The molecule has 1 saturated carbocycles. The minimum absolute atomic E-state index is 0.170. The van der Waals surface area contributed by atoms with E-state index in [-0.39, 0.29) is 6.35 Å². The summed E-state index contributed by atoms with van der Waals surface area (Å²) in [6, 6.07) is 1.99. The van der Waals surface area contributed by atoms with Gasteiger partial charge in [0.25, 0.3) is 0 Å². The summed E-state index contributed by atoms with van der Waals surface area (Å²) in [6.45, 7) is 6.29. The van der Waals surface area contributed by atoms with Gasteiger partial charge >= 0.3 is 0 Å². The van der Waals surface area contributed by atoms with Gasteiger partial charge < -0.3 is 9.64 Å². The molecule has 1 aliphatic heterocycles. The second-order valence-corrected chi connectivity index (χ2v) is 7.46. The minimum Gasteiger partial charge on any atom is -0.339 e. The molecule has 0 N–H and O–H groups in total. The van der Waals surface area contributed by atoms with E-state index < -0.39 is 0 Å². The fraction of sp³-hybridized carbons (Fsp3) is 0.667. The average Bonchev–Trinajstić information content (AvgIpc) is 3.00. The Morgan fingerprint density at radius 1 is 1.55 bits per heavy atom. The molecule has 20 heavy (non-hydrogen) atoms. The van der Waals surface area contributed by atoms with Crippen LogP contribution in [0.5, 0.6) is 0 Å². The summed E-state index contributed by atoms with van der Waals surface area (Å²) >= 11 is 7.62. The molecule has 0 saturated heterocycles. The van der Waals surface area contributed by atoms with E-state index in [1.54, 1.807) is 0 Å². The lowest BCUT2D eigenvalue weighted by Crippen LogP contribution is -2.42. The molecule has 1 aliphatic carbocycles. The van der Waals surface area contributed by atoms with Gasteiger partial charge in [0.15, 0.2) is 0 Å². The highest BCUT2D eigenvalue weighted by Gasteiger charge is 2.34. The third-order valence-electron chi connectivity index (χ3n) is 4.03. The van der Waals surface area contributed by atoms with Gasteiger partial charge in [-0.25, -0.2) is 4.99 Å². The lowest BCUT2D eigenvalue weighted by molar-refractivity contribution is -0.0327. The Morgan fingerprint density at radius 3 is 3.05 bits per heavy atom. The Morgan fingerprint density at radius 2 is 2.35 bits per heavy atom. The van der Waals surface area contributed by atoms with Gasteiger partial charge in [-0.15, -0.1) is 11.3 Å². The fourth-order valence-corrected chi connectivity index (χ4v) is 3.54. The second kappa shape index (κ2) is 6.04. The molecule has 3 atom stereocenters. The van der Waals surface area contributed by atoms with Crippen molar-refractivity contribution >= 4 is 29.1 Å². The van der Waals surface area contributed by atoms with E-state index in [1.807, 2.05) is 6.07 Å². The normalized spacial score (nSPS) is 27.8. The van der Waals surface area contributed by atoms with Crippen molar-refractivity contribution in [2.45, 2.75) is 39.5 Å². The Bertz CT molecular complexity index is 585. The number of unbranched alkanes of at least 4 members (excludes halogenated alkanes) is 1. The van der Waals surface area contributed by atoms with Crippen LogP contribution in [0.2, 0.25) is 4.34 Å². The molecule has 0 amide bonds. The molecule has 2 aliphatic rings. The zero-order valence-electron chi connectivity index (χ0n) is 12.0. The third-order valence-corrected chi connectivity index (χ3v) is 5.22. The first-order valence-electron chi connectivity index (χ1n) is 7.39. The van der Waals surface area contributed by atoms with Crippen LogP contribution in [0.15, 0.2) is 11.1 Å². The summed E-state index contributed by atoms with van der Waals surface area (Å²) in [5.74, 6) is 1.55. The maximum absolute atomic E-state index is 6.09. The van der Waals surface area contributed by atoms with Crippen LogP contribution in [0.4, 0.5) is 0 Å². The zero-order chi connectivity index (χ0) is 14.1. The monoisotopic (exact) mass is 312 g/mol. The van der Waals surface area contributed by atoms with Crippen LogP contribution in [0.1, 0.15) is 33.1 Å². The summed E-state index contributed by atoms with van der Waals surface area (Å²) in [6.07, 6.45) is 5.60. The molecule has 0 bridgehead atoms. The fourth-order valence-electron chi connectivity index (χ4n) is 2.46. The van der Waals surface area contributed by atoms with E-state index >= 15 is 0 Å². The van der Waals surface area contributed by atoms with Gasteiger partial charge in [0.1, 0.15) is 4.67 Å². The molecular weight excluding hydrogens is 292 g/mol. The first-order valence-corrected chi connectivity index (χ1v) is 8.59. The second-order valence-electron chi connectivity index (χ2n) is 5.79. The number of fused-ring (bicyclic) bond motifs is 1. The Hall–Kier alpha value is -0.580. The minimum atomic E-state index is -0.170. The van der Waals surface area contributed by atoms with Crippen LogP contribution in [0.3, 0.4) is 0 Å². The van der Waals surface area contributed by atoms with Gasteiger partial charge in [-0.05, 0) is 30.7 Å². The van der Waals surface area contributed by atoms with Crippen LogP contribution in [0.25, 0.3) is 6.20 Å². The van der Waals surface area contributed by atoms with Crippen molar-refractivity contribution < 1.29 is 4.74 Å². The SMILES string of the molecule is CCCCN1C=c2cc(Cl)sc2=NC1OCC1CC1C. The largest absolute Gasteiger partial charge is 0.339 e. The molecule has 2 heterocycles. The lowest BCUT2D eigenvalue weighted by atomic mass is 10.3. The number of halogens is 1. The van der Waals surface area contributed by atoms with Crippen LogP contribution in [0, 0.1) is 11.8 Å². The molecule has 1 aromatic heterocycles. The molecule has 110 valence electrons. The molecule has 3 unspecified atom stereocenters. The predicted octanol–water partition coefficient (Wildman–Crippen LogP) is 2.83. The van der Waals surface area contributed by atoms with Crippen molar-refractivity contribution in [1.82, 2.24) is 4.90 Å². The van der Waals surface area contributed by atoms with Crippen molar-refractivity contribution in [3.63, 3.8) is 0 Å². The summed E-state index contributed by atoms with van der Waals surface area (Å²) in [4.78, 5) is 6.94. The zero-order valence-corrected chi connectivity index (χ0v) is 13.6. The smallest absolute Gasteiger partial charge is 0.229 e. The van der Waals surface area contributed by atoms with Gasteiger partial charge in [0, 0.05) is 18.0 Å². The summed E-state index contributed by atoms with van der Waals surface area (Å²) in [5.41, 5.74) is 0. The van der Waals surface area contributed by atoms with E-state index in [0.717, 1.165) is 45.6 Å². The van der Waals surface area contributed by atoms with Gasteiger partial charge in [-0.3, -0.25) is 0 Å². The number of rotatable bonds is 6. The number of thiophene rings is 1. The van der Waals surface area contributed by atoms with Crippen molar-refractivity contribution in [3.05, 3.63) is 20.3 Å². The Kier molecular flexibility index (Phi) is 4.34. The van der Waals surface area contributed by atoms with E-state index in [0.29, 0.717) is 0 Å². The van der Waals surface area contributed by atoms with Crippen LogP contribution >= 0.6 is 22.9 Å². The molecule has 3 nitrogen and oxygen atoms in total. The first-order chi connectivity index (χ1) is 9.67. The van der Waals surface area contributed by atoms with E-state index in [9.17, 15) is 0 Å². The van der Waals surface area contributed by atoms with Crippen LogP contribution < -0.4 is 9.89 Å². The highest BCUT2D eigenvalue weighted by Crippen LogP contribution is 2.38. The highest BCUT2D eigenvalue weighted by atomic mass is 35.5. The molecule has 3 rings (SSSR count). The standard InChI is InChI=1S/C15H21ClN2OS/c1-3-4-5-18-8-11-7-13(16)20-14(11)17-15(18)19-9-12-6-10(12)2/h7-8,10,12,15H,3-6,9H2,1-2H3. The van der Waals surface area contributed by atoms with E-state index in [2.05, 4.69) is 24.9 Å². The maximum atomic E-state index is 6.09. The molecule has 0 spiro atoms. The Balaban J connectivity index is 1.75. The topological polar surface area (TPSA) is 24.8 Å². The molecule has 0 radical (unpaired) electrons. The summed E-state index contributed by atoms with van der Waals surface area (Å²) < 4.78 is 7.83. The molecule has 1 fully saturated rings. The summed E-state index contributed by atoms with van der Waals surface area (Å²) in [5, 5.41) is 1.12. The van der Waals surface area contributed by atoms with Crippen molar-refractivity contribution in [1.29, 1.82) is 0 Å². The van der Waals surface area contributed by atoms with E-state index in [1.165, 1.54) is 24.2 Å². The van der Waals surface area contributed by atoms with Gasteiger partial charge in [-0.2, -0.15) is 0 Å². The van der Waals surface area contributed by atoms with Crippen molar-refractivity contribution in [3.8, 4) is 0 Å². The van der Waals surface area contributed by atoms with Gasteiger partial charge in [0.05, 0.1) is 10.9 Å². The quantitative estimate of drug-likeness (QED) is 0.807. The van der Waals surface area contributed by atoms with Crippen LogP contribution in [-0.2, 0) is 4.74 Å². The molecule has 5 heteroatoms. The molecule has 1 aromatic rings. The number of nitrogens with zero attached hydrogens (tertiary/aromatic N) is 2. The highest BCUT2D eigenvalue weighted by molar-refractivity contribution is 7.13. The first kappa shape index (κ1) is 14.4. The molecule has 0 aromatic carbocycles. The number of hydrogen-bond donors (Lipinski definition) is 0. The molecular formula is C15H21ClN2OS. The van der Waals surface area contributed by atoms with Gasteiger partial charge in [-0.1, -0.05) is 31.9 Å². The number of ether oxygens (including phenoxy) is 1. The number of hydrogen-bond acceptors (Lipinski definition) is 4. The van der Waals surface area contributed by atoms with Crippen molar-refractivity contribution in [2.24, 2.45) is 16.8 Å². The van der Waals surface area contributed by atoms with Crippen molar-refractivity contribution in [2.75, 3.05) is 13.2 Å². The Labute approximate surface area is 128 Å². The van der Waals surface area contributed by atoms with Gasteiger partial charge in [0.2, 0.25) is 6.35 Å². The maximum Gasteiger partial charge on any atom is 0.229 e. The predicted molar refractivity (Wildman–Crippen MR) is 83.2 cm³/mol.